The average Bonchev–Trinajstić information content (AvgIpc) is 3.89. The molecule has 3 heterocycles. The monoisotopic (exact) mass is 604 g/mol. The highest BCUT2D eigenvalue weighted by Gasteiger charge is 2.19. The lowest BCUT2D eigenvalue weighted by molar-refractivity contribution is 0.669. The molecule has 5 nitrogen and oxygen atoms in total. The second kappa shape index (κ2) is 11.2. The van der Waals surface area contributed by atoms with Crippen molar-refractivity contribution in [3.63, 3.8) is 0 Å². The molecule has 0 atom stereocenters. The molecule has 2 N–H and O–H groups in total. The molecule has 0 bridgehead atoms. The number of aromatic amines is 2. The summed E-state index contributed by atoms with van der Waals surface area (Å²) in [6.45, 7) is 0. The van der Waals surface area contributed by atoms with Crippen LogP contribution in [0.25, 0.3) is 89.7 Å². The molecule has 0 spiro atoms. The molecule has 0 aliphatic heterocycles. The van der Waals surface area contributed by atoms with Gasteiger partial charge in [0, 0.05) is 44.2 Å². The Hall–Kier alpha value is -6.46. The minimum absolute atomic E-state index is 0.832. The van der Waals surface area contributed by atoms with Crippen molar-refractivity contribution >= 4 is 21.9 Å². The average molecular weight is 605 g/mol. The zero-order valence-corrected chi connectivity index (χ0v) is 25.3. The number of fused-ring (bicyclic) bond motifs is 3. The van der Waals surface area contributed by atoms with Crippen LogP contribution in [0.15, 0.2) is 162 Å². The minimum Gasteiger partial charge on any atom is -0.456 e. The van der Waals surface area contributed by atoms with Crippen LogP contribution in [0.2, 0.25) is 0 Å². The number of aromatic nitrogens is 4. The van der Waals surface area contributed by atoms with Crippen molar-refractivity contribution in [2.45, 2.75) is 0 Å². The minimum atomic E-state index is 0.832. The third-order valence-corrected chi connectivity index (χ3v) is 8.64. The summed E-state index contributed by atoms with van der Waals surface area (Å²) < 4.78 is 6.36. The van der Waals surface area contributed by atoms with Crippen molar-refractivity contribution in [3.05, 3.63) is 158 Å². The SMILES string of the molecule is c1ccc(-c2nc(-c3ccc4oc5ccc(-c6[nH]c(-c7ccccc7)nc6-c6ccccc6)cc5c4c3)c(-c3ccccc3)[nH]2)cc1. The molecule has 9 rings (SSSR count). The van der Waals surface area contributed by atoms with Crippen molar-refractivity contribution in [1.82, 2.24) is 19.9 Å². The predicted octanol–water partition coefficient (Wildman–Crippen LogP) is 11.0. The molecule has 0 aliphatic carbocycles. The first-order valence-electron chi connectivity index (χ1n) is 15.7. The Morgan fingerprint density at radius 2 is 0.766 bits per heavy atom. The first kappa shape index (κ1) is 26.9. The number of rotatable bonds is 6. The zero-order chi connectivity index (χ0) is 31.2. The van der Waals surface area contributed by atoms with Gasteiger partial charge in [0.05, 0.1) is 22.8 Å². The summed E-state index contributed by atoms with van der Waals surface area (Å²) in [6, 6.07) is 53.9. The lowest BCUT2D eigenvalue weighted by Gasteiger charge is -2.05. The van der Waals surface area contributed by atoms with Crippen LogP contribution in [-0.2, 0) is 0 Å². The molecule has 0 saturated heterocycles. The van der Waals surface area contributed by atoms with Crippen LogP contribution in [0.5, 0.6) is 0 Å². The van der Waals surface area contributed by atoms with E-state index in [0.717, 1.165) is 89.7 Å². The molecule has 0 radical (unpaired) electrons. The Morgan fingerprint density at radius 3 is 1.30 bits per heavy atom. The smallest absolute Gasteiger partial charge is 0.138 e. The van der Waals surface area contributed by atoms with Crippen molar-refractivity contribution in [2.24, 2.45) is 0 Å². The van der Waals surface area contributed by atoms with Gasteiger partial charge >= 0.3 is 0 Å². The number of benzene rings is 6. The number of hydrogen-bond acceptors (Lipinski definition) is 3. The Bertz CT molecular complexity index is 2320. The molecule has 222 valence electrons. The zero-order valence-electron chi connectivity index (χ0n) is 25.3. The van der Waals surface area contributed by atoms with Crippen LogP contribution >= 0.6 is 0 Å². The summed E-state index contributed by atoms with van der Waals surface area (Å²) >= 11 is 0. The highest BCUT2D eigenvalue weighted by atomic mass is 16.3. The number of furan rings is 1. The second-order valence-corrected chi connectivity index (χ2v) is 11.6. The first-order chi connectivity index (χ1) is 23.3. The van der Waals surface area contributed by atoms with Crippen molar-refractivity contribution in [2.75, 3.05) is 0 Å². The third kappa shape index (κ3) is 4.82. The molecule has 47 heavy (non-hydrogen) atoms. The molecule has 0 aliphatic rings. The van der Waals surface area contributed by atoms with E-state index in [1.54, 1.807) is 0 Å². The van der Waals surface area contributed by atoms with E-state index >= 15 is 0 Å². The van der Waals surface area contributed by atoms with Crippen LogP contribution in [-0.4, -0.2) is 19.9 Å². The number of imidazole rings is 2. The van der Waals surface area contributed by atoms with E-state index < -0.39 is 0 Å². The van der Waals surface area contributed by atoms with Crippen LogP contribution < -0.4 is 0 Å². The molecule has 0 saturated carbocycles. The Morgan fingerprint density at radius 1 is 0.362 bits per heavy atom. The van der Waals surface area contributed by atoms with E-state index in [1.165, 1.54) is 0 Å². The topological polar surface area (TPSA) is 70.5 Å². The molecule has 0 amide bonds. The largest absolute Gasteiger partial charge is 0.456 e. The van der Waals surface area contributed by atoms with Gasteiger partial charge < -0.3 is 14.4 Å². The van der Waals surface area contributed by atoms with E-state index in [2.05, 4.69) is 107 Å². The highest BCUT2D eigenvalue weighted by molar-refractivity contribution is 6.08. The van der Waals surface area contributed by atoms with Crippen molar-refractivity contribution in [1.29, 1.82) is 0 Å². The maximum absolute atomic E-state index is 6.36. The molecular formula is C42H28N4O. The molecule has 5 heteroatoms. The molecule has 0 unspecified atom stereocenters. The summed E-state index contributed by atoms with van der Waals surface area (Å²) in [5, 5.41) is 2.07. The standard InChI is InChI=1S/C42H28N4O/c1-5-13-27(14-6-1)37-39(45-41(43-37)29-17-9-3-10-18-29)31-21-23-35-33(25-31)34-26-32(22-24-36(34)47-35)40-38(28-15-7-2-8-16-28)44-42(46-40)30-19-11-4-12-20-30/h1-26H,(H,43,45)(H,44,46). The summed E-state index contributed by atoms with van der Waals surface area (Å²) in [7, 11) is 0. The molecule has 6 aromatic carbocycles. The van der Waals surface area contributed by atoms with Gasteiger partial charge in [0.2, 0.25) is 0 Å². The number of H-pyrrole nitrogens is 2. The van der Waals surface area contributed by atoms with Gasteiger partial charge in [0.1, 0.15) is 22.8 Å². The Labute approximate surface area is 271 Å². The van der Waals surface area contributed by atoms with Gasteiger partial charge in [-0.3, -0.25) is 0 Å². The summed E-state index contributed by atoms with van der Waals surface area (Å²) in [5.41, 5.74) is 11.7. The van der Waals surface area contributed by atoms with Crippen molar-refractivity contribution in [3.8, 4) is 67.8 Å². The molecule has 9 aromatic rings. The fourth-order valence-corrected chi connectivity index (χ4v) is 6.33. The second-order valence-electron chi connectivity index (χ2n) is 11.6. The summed E-state index contributed by atoms with van der Waals surface area (Å²) in [5.74, 6) is 1.67. The third-order valence-electron chi connectivity index (χ3n) is 8.64. The maximum Gasteiger partial charge on any atom is 0.138 e. The lowest BCUT2D eigenvalue weighted by Crippen LogP contribution is -1.85. The fraction of sp³-hybridized carbons (Fsp3) is 0. The Kier molecular flexibility index (Phi) is 6.39. The van der Waals surface area contributed by atoms with Gasteiger partial charge in [-0.1, -0.05) is 121 Å². The highest BCUT2D eigenvalue weighted by Crippen LogP contribution is 2.40. The molecular weight excluding hydrogens is 576 g/mol. The quantitative estimate of drug-likeness (QED) is 0.198. The van der Waals surface area contributed by atoms with Gasteiger partial charge in [0.15, 0.2) is 0 Å². The summed E-state index contributed by atoms with van der Waals surface area (Å²) in [6.07, 6.45) is 0. The Balaban J connectivity index is 1.21. The van der Waals surface area contributed by atoms with E-state index in [4.69, 9.17) is 14.4 Å². The van der Waals surface area contributed by atoms with Crippen LogP contribution in [0.3, 0.4) is 0 Å². The van der Waals surface area contributed by atoms with E-state index in [9.17, 15) is 0 Å². The number of nitrogens with one attached hydrogen (secondary N) is 2. The van der Waals surface area contributed by atoms with Crippen LogP contribution in [0, 0.1) is 0 Å². The predicted molar refractivity (Wildman–Crippen MR) is 191 cm³/mol. The van der Waals surface area contributed by atoms with E-state index in [0.29, 0.717) is 0 Å². The summed E-state index contributed by atoms with van der Waals surface area (Å²) in [4.78, 5) is 17.5. The van der Waals surface area contributed by atoms with Gasteiger partial charge in [-0.15, -0.1) is 0 Å². The first-order valence-corrected chi connectivity index (χ1v) is 15.7. The van der Waals surface area contributed by atoms with Crippen LogP contribution in [0.4, 0.5) is 0 Å². The van der Waals surface area contributed by atoms with Crippen LogP contribution in [0.1, 0.15) is 0 Å². The fourth-order valence-electron chi connectivity index (χ4n) is 6.33. The normalized spacial score (nSPS) is 11.4. The van der Waals surface area contributed by atoms with E-state index in [1.807, 2.05) is 60.7 Å². The van der Waals surface area contributed by atoms with Gasteiger partial charge in [-0.25, -0.2) is 9.97 Å². The van der Waals surface area contributed by atoms with Gasteiger partial charge in [-0.05, 0) is 36.4 Å². The maximum atomic E-state index is 6.36. The van der Waals surface area contributed by atoms with Crippen molar-refractivity contribution < 1.29 is 4.42 Å². The number of nitrogens with zero attached hydrogens (tertiary/aromatic N) is 2. The molecule has 0 fully saturated rings. The van der Waals surface area contributed by atoms with Gasteiger partial charge in [-0.2, -0.15) is 0 Å². The van der Waals surface area contributed by atoms with E-state index in [-0.39, 0.29) is 0 Å². The number of hydrogen-bond donors (Lipinski definition) is 2. The van der Waals surface area contributed by atoms with Gasteiger partial charge in [0.25, 0.3) is 0 Å². The molecule has 3 aromatic heterocycles. The lowest BCUT2D eigenvalue weighted by atomic mass is 10.0.